The Kier molecular flexibility index (Phi) is 53.1. The number of carbonyl (C=O) groups is 2. The summed E-state index contributed by atoms with van der Waals surface area (Å²) in [5, 5.41) is 23.0. The second-order valence-corrected chi connectivity index (χ2v) is 19.3. The van der Waals surface area contributed by atoms with Gasteiger partial charge in [-0.25, -0.2) is 0 Å². The van der Waals surface area contributed by atoms with Gasteiger partial charge in [-0.3, -0.25) is 9.59 Å². The highest BCUT2D eigenvalue weighted by Gasteiger charge is 2.18. The van der Waals surface area contributed by atoms with Crippen LogP contribution in [0.1, 0.15) is 284 Å². The standard InChI is InChI=1S/C60H109NO5/c1-3-5-7-9-11-13-15-29-34-38-42-46-50-54-60(65)66-55-51-47-43-39-35-31-28-26-24-22-20-18-16-17-19-21-23-25-27-30-33-37-41-45-49-53-59(64)61-57(56-62)58(63)52-48-44-40-36-32-14-12-10-8-6-4-2/h7,9,13,15,17-20,48,52,57-58,62-63H,3-6,8,10-12,14,16,21-47,49-51,53-56H2,1-2H3,(H,61,64)/b9-7-,15-13-,19-17-,20-18-,52-48+. The topological polar surface area (TPSA) is 95.9 Å². The van der Waals surface area contributed by atoms with E-state index in [0.29, 0.717) is 19.4 Å². The van der Waals surface area contributed by atoms with Crippen LogP contribution in [0.5, 0.6) is 0 Å². The predicted octanol–water partition coefficient (Wildman–Crippen LogP) is 17.6. The van der Waals surface area contributed by atoms with Gasteiger partial charge in [-0.15, -0.1) is 0 Å². The largest absolute Gasteiger partial charge is 0.466 e. The van der Waals surface area contributed by atoms with E-state index in [9.17, 15) is 19.8 Å². The second-order valence-electron chi connectivity index (χ2n) is 19.3. The Bertz CT molecular complexity index is 1160. The number of aliphatic hydroxyl groups excluding tert-OH is 2. The molecule has 6 heteroatoms. The fourth-order valence-electron chi connectivity index (χ4n) is 8.35. The van der Waals surface area contributed by atoms with Crippen LogP contribution in [0.15, 0.2) is 60.8 Å². The zero-order chi connectivity index (χ0) is 47.9. The maximum atomic E-state index is 12.4. The molecule has 0 saturated carbocycles. The lowest BCUT2D eigenvalue weighted by Crippen LogP contribution is -2.45. The van der Waals surface area contributed by atoms with Crippen molar-refractivity contribution in [3.63, 3.8) is 0 Å². The molecule has 66 heavy (non-hydrogen) atoms. The van der Waals surface area contributed by atoms with E-state index in [0.717, 1.165) is 64.2 Å². The lowest BCUT2D eigenvalue weighted by Gasteiger charge is -2.20. The van der Waals surface area contributed by atoms with Crippen LogP contribution < -0.4 is 5.32 Å². The molecule has 0 aromatic carbocycles. The van der Waals surface area contributed by atoms with E-state index in [1.54, 1.807) is 6.08 Å². The molecular formula is C60H109NO5. The molecule has 0 aliphatic rings. The molecule has 0 heterocycles. The van der Waals surface area contributed by atoms with Crippen LogP contribution in [0, 0.1) is 0 Å². The molecule has 6 nitrogen and oxygen atoms in total. The number of hydrogen-bond acceptors (Lipinski definition) is 5. The number of allylic oxidation sites excluding steroid dienone is 9. The van der Waals surface area contributed by atoms with Crippen molar-refractivity contribution < 1.29 is 24.5 Å². The summed E-state index contributed by atoms with van der Waals surface area (Å²) >= 11 is 0. The number of amides is 1. The van der Waals surface area contributed by atoms with E-state index < -0.39 is 12.1 Å². The van der Waals surface area contributed by atoms with Gasteiger partial charge in [0.2, 0.25) is 5.91 Å². The van der Waals surface area contributed by atoms with Gasteiger partial charge in [0.05, 0.1) is 25.4 Å². The summed E-state index contributed by atoms with van der Waals surface area (Å²) in [4.78, 5) is 24.4. The zero-order valence-electron chi connectivity index (χ0n) is 43.7. The van der Waals surface area contributed by atoms with Crippen molar-refractivity contribution in [3.8, 4) is 0 Å². The van der Waals surface area contributed by atoms with Crippen molar-refractivity contribution in [1.82, 2.24) is 5.32 Å². The fourth-order valence-corrected chi connectivity index (χ4v) is 8.35. The first-order valence-corrected chi connectivity index (χ1v) is 28.6. The average molecular weight is 925 g/mol. The Morgan fingerprint density at radius 2 is 0.788 bits per heavy atom. The van der Waals surface area contributed by atoms with Crippen molar-refractivity contribution >= 4 is 11.9 Å². The minimum Gasteiger partial charge on any atom is -0.466 e. The molecule has 0 fully saturated rings. The summed E-state index contributed by atoms with van der Waals surface area (Å²) in [7, 11) is 0. The maximum absolute atomic E-state index is 12.4. The van der Waals surface area contributed by atoms with Crippen LogP contribution in [0.2, 0.25) is 0 Å². The smallest absolute Gasteiger partial charge is 0.305 e. The molecule has 0 aliphatic heterocycles. The Morgan fingerprint density at radius 3 is 1.21 bits per heavy atom. The number of aliphatic hydroxyl groups is 2. The number of hydrogen-bond donors (Lipinski definition) is 3. The Balaban J connectivity index is 3.46. The molecule has 0 spiro atoms. The third-order valence-corrected chi connectivity index (χ3v) is 12.7. The van der Waals surface area contributed by atoms with E-state index in [-0.39, 0.29) is 18.5 Å². The lowest BCUT2D eigenvalue weighted by atomic mass is 10.0. The fraction of sp³-hybridized carbons (Fsp3) is 0.800. The number of rotatable bonds is 52. The van der Waals surface area contributed by atoms with E-state index in [4.69, 9.17) is 4.74 Å². The predicted molar refractivity (Wildman–Crippen MR) is 287 cm³/mol. The van der Waals surface area contributed by atoms with Gasteiger partial charge in [-0.1, -0.05) is 242 Å². The van der Waals surface area contributed by atoms with Crippen molar-refractivity contribution in [2.45, 2.75) is 296 Å². The summed E-state index contributed by atoms with van der Waals surface area (Å²) in [6.45, 7) is 4.81. The number of carbonyl (C=O) groups excluding carboxylic acids is 2. The minimum atomic E-state index is -0.848. The number of esters is 1. The molecule has 1 amide bonds. The first-order valence-electron chi connectivity index (χ1n) is 28.6. The Hall–Kier alpha value is -2.44. The highest BCUT2D eigenvalue weighted by molar-refractivity contribution is 5.76. The quantitative estimate of drug-likeness (QED) is 0.0321. The van der Waals surface area contributed by atoms with Crippen molar-refractivity contribution in [1.29, 1.82) is 0 Å². The van der Waals surface area contributed by atoms with Gasteiger partial charge in [-0.2, -0.15) is 0 Å². The first kappa shape index (κ1) is 63.6. The molecule has 2 unspecified atom stereocenters. The van der Waals surface area contributed by atoms with Crippen molar-refractivity contribution in [2.75, 3.05) is 13.2 Å². The molecule has 0 radical (unpaired) electrons. The SMILES string of the molecule is CCC/C=C\C/C=C\CCCCCCCC(=O)OCCCCCCCCCCC/C=C\C/C=C\CCCCCCCCCCCC(=O)NC(CO)C(O)/C=C/CCCCCCCCCCC. The van der Waals surface area contributed by atoms with Crippen LogP contribution in [-0.4, -0.2) is 47.4 Å². The zero-order valence-corrected chi connectivity index (χ0v) is 43.7. The van der Waals surface area contributed by atoms with Crippen LogP contribution in [0.4, 0.5) is 0 Å². The van der Waals surface area contributed by atoms with Gasteiger partial charge < -0.3 is 20.3 Å². The van der Waals surface area contributed by atoms with Crippen molar-refractivity contribution in [2.24, 2.45) is 0 Å². The Morgan fingerprint density at radius 1 is 0.424 bits per heavy atom. The molecule has 384 valence electrons. The molecule has 2 atom stereocenters. The van der Waals surface area contributed by atoms with E-state index in [2.05, 4.69) is 67.8 Å². The highest BCUT2D eigenvalue weighted by atomic mass is 16.5. The lowest BCUT2D eigenvalue weighted by molar-refractivity contribution is -0.143. The van der Waals surface area contributed by atoms with Gasteiger partial charge in [0.25, 0.3) is 0 Å². The number of ether oxygens (including phenoxy) is 1. The summed E-state index contributed by atoms with van der Waals surface area (Å²) in [5.74, 6) is -0.0845. The molecule has 3 N–H and O–H groups in total. The first-order chi connectivity index (χ1) is 32.5. The van der Waals surface area contributed by atoms with Gasteiger partial charge >= 0.3 is 5.97 Å². The minimum absolute atomic E-state index is 0.00785. The van der Waals surface area contributed by atoms with E-state index >= 15 is 0 Å². The summed E-state index contributed by atoms with van der Waals surface area (Å²) in [6, 6.07) is -0.632. The monoisotopic (exact) mass is 924 g/mol. The third kappa shape index (κ3) is 51.0. The molecule has 0 bridgehead atoms. The highest BCUT2D eigenvalue weighted by Crippen LogP contribution is 2.15. The summed E-state index contributed by atoms with van der Waals surface area (Å²) in [5.41, 5.74) is 0. The van der Waals surface area contributed by atoms with Crippen LogP contribution in [0.3, 0.4) is 0 Å². The van der Waals surface area contributed by atoms with E-state index in [1.807, 2.05) is 6.08 Å². The summed E-state index contributed by atoms with van der Waals surface area (Å²) in [6.07, 6.45) is 71.0. The number of nitrogens with one attached hydrogen (secondary N) is 1. The second kappa shape index (κ2) is 55.2. The average Bonchev–Trinajstić information content (AvgIpc) is 3.32. The van der Waals surface area contributed by atoms with Gasteiger partial charge in [0.1, 0.15) is 0 Å². The van der Waals surface area contributed by atoms with Crippen molar-refractivity contribution in [3.05, 3.63) is 60.8 Å². The molecule has 0 aromatic rings. The van der Waals surface area contributed by atoms with Gasteiger partial charge in [0.15, 0.2) is 0 Å². The molecule has 0 aromatic heterocycles. The van der Waals surface area contributed by atoms with Crippen LogP contribution in [-0.2, 0) is 14.3 Å². The number of unbranched alkanes of at least 4 members (excludes halogenated alkanes) is 33. The normalized spacial score (nSPS) is 13.1. The molecule has 0 aliphatic carbocycles. The van der Waals surface area contributed by atoms with Crippen LogP contribution >= 0.6 is 0 Å². The molecule has 0 rings (SSSR count). The summed E-state index contributed by atoms with van der Waals surface area (Å²) < 4.78 is 5.46. The van der Waals surface area contributed by atoms with Gasteiger partial charge in [0, 0.05) is 12.8 Å². The third-order valence-electron chi connectivity index (χ3n) is 12.7. The molecular weight excluding hydrogens is 815 g/mol. The van der Waals surface area contributed by atoms with Gasteiger partial charge in [-0.05, 0) is 89.9 Å². The van der Waals surface area contributed by atoms with Crippen LogP contribution in [0.25, 0.3) is 0 Å². The Labute approximate surface area is 409 Å². The molecule has 0 saturated heterocycles. The maximum Gasteiger partial charge on any atom is 0.305 e. The van der Waals surface area contributed by atoms with E-state index in [1.165, 1.54) is 193 Å².